The van der Waals surface area contributed by atoms with E-state index in [0.29, 0.717) is 12.3 Å². The molecule has 0 aliphatic carbocycles. The Morgan fingerprint density at radius 3 is 2.22 bits per heavy atom. The highest BCUT2D eigenvalue weighted by Crippen LogP contribution is 2.34. The Kier molecular flexibility index (Phi) is 7.79. The Hall–Kier alpha value is -2.89. The van der Waals surface area contributed by atoms with Crippen molar-refractivity contribution in [3.05, 3.63) is 53.1 Å². The summed E-state index contributed by atoms with van der Waals surface area (Å²) in [4.78, 5) is 4.28. The summed E-state index contributed by atoms with van der Waals surface area (Å²) in [5.41, 5.74) is 3.45. The lowest BCUT2D eigenvalue weighted by molar-refractivity contribution is 0.368. The van der Waals surface area contributed by atoms with Crippen LogP contribution in [-0.2, 0) is 13.0 Å². The predicted molar refractivity (Wildman–Crippen MR) is 109 cm³/mol. The summed E-state index contributed by atoms with van der Waals surface area (Å²) < 4.78 is 16.3. The van der Waals surface area contributed by atoms with Gasteiger partial charge in [-0.15, -0.1) is 0 Å². The molecule has 2 rings (SSSR count). The van der Waals surface area contributed by atoms with Crippen molar-refractivity contribution >= 4 is 5.96 Å². The van der Waals surface area contributed by atoms with Crippen molar-refractivity contribution in [1.82, 2.24) is 10.6 Å². The van der Waals surface area contributed by atoms with Crippen molar-refractivity contribution in [3.63, 3.8) is 0 Å². The first-order valence-electron chi connectivity index (χ1n) is 8.90. The molecule has 0 saturated carbocycles. The molecule has 2 aromatic carbocycles. The van der Waals surface area contributed by atoms with Gasteiger partial charge in [0.25, 0.3) is 0 Å². The van der Waals surface area contributed by atoms with Crippen LogP contribution in [0.1, 0.15) is 16.7 Å². The van der Waals surface area contributed by atoms with Gasteiger partial charge in [-0.25, -0.2) is 0 Å². The molecular formula is C21H29N3O3. The van der Waals surface area contributed by atoms with Crippen LogP contribution in [0.25, 0.3) is 0 Å². The van der Waals surface area contributed by atoms with Crippen LogP contribution in [-0.4, -0.2) is 40.9 Å². The monoisotopic (exact) mass is 371 g/mol. The zero-order valence-corrected chi connectivity index (χ0v) is 16.8. The maximum absolute atomic E-state index is 5.50. The van der Waals surface area contributed by atoms with E-state index in [1.807, 2.05) is 12.1 Å². The Bertz CT molecular complexity index is 750. The fourth-order valence-electron chi connectivity index (χ4n) is 2.86. The molecule has 0 spiro atoms. The molecule has 0 bridgehead atoms. The summed E-state index contributed by atoms with van der Waals surface area (Å²) >= 11 is 0. The number of hydrogen-bond donors (Lipinski definition) is 2. The predicted octanol–water partition coefficient (Wildman–Crippen LogP) is 2.93. The molecule has 0 aliphatic rings. The Balaban J connectivity index is 1.96. The second-order valence-electron chi connectivity index (χ2n) is 6.10. The first-order valence-corrected chi connectivity index (χ1v) is 8.90. The van der Waals surface area contributed by atoms with E-state index in [2.05, 4.69) is 46.8 Å². The third-order valence-electron chi connectivity index (χ3n) is 4.25. The third kappa shape index (κ3) is 5.81. The van der Waals surface area contributed by atoms with Crippen molar-refractivity contribution in [2.24, 2.45) is 4.99 Å². The van der Waals surface area contributed by atoms with Crippen LogP contribution in [0, 0.1) is 6.92 Å². The van der Waals surface area contributed by atoms with Crippen LogP contribution in [0.15, 0.2) is 41.4 Å². The van der Waals surface area contributed by atoms with Crippen LogP contribution >= 0.6 is 0 Å². The van der Waals surface area contributed by atoms with E-state index >= 15 is 0 Å². The molecule has 6 nitrogen and oxygen atoms in total. The van der Waals surface area contributed by atoms with Gasteiger partial charge in [-0.05, 0) is 18.9 Å². The molecule has 0 radical (unpaired) electrons. The van der Waals surface area contributed by atoms with E-state index in [9.17, 15) is 0 Å². The van der Waals surface area contributed by atoms with Gasteiger partial charge in [0.2, 0.25) is 0 Å². The minimum absolute atomic E-state index is 0.687. The highest BCUT2D eigenvalue weighted by Gasteiger charge is 2.13. The Labute approximate surface area is 161 Å². The van der Waals surface area contributed by atoms with Gasteiger partial charge >= 0.3 is 0 Å². The van der Waals surface area contributed by atoms with Gasteiger partial charge in [-0.1, -0.05) is 29.8 Å². The summed E-state index contributed by atoms with van der Waals surface area (Å²) in [5.74, 6) is 2.95. The average Bonchev–Trinajstić information content (AvgIpc) is 2.70. The summed E-state index contributed by atoms with van der Waals surface area (Å²) in [5, 5.41) is 6.66. The number of benzene rings is 2. The van der Waals surface area contributed by atoms with Gasteiger partial charge in [-0.3, -0.25) is 4.99 Å². The van der Waals surface area contributed by atoms with Crippen LogP contribution < -0.4 is 24.8 Å². The molecule has 0 aliphatic heterocycles. The minimum Gasteiger partial charge on any atom is -0.496 e. The molecule has 27 heavy (non-hydrogen) atoms. The molecule has 0 unspecified atom stereocenters. The smallest absolute Gasteiger partial charge is 0.191 e. The number of aliphatic imine (C=N–C) groups is 1. The summed E-state index contributed by atoms with van der Waals surface area (Å²) in [6.07, 6.45) is 0.724. The summed E-state index contributed by atoms with van der Waals surface area (Å²) in [7, 11) is 6.68. The van der Waals surface area contributed by atoms with E-state index in [1.54, 1.807) is 28.4 Å². The van der Waals surface area contributed by atoms with E-state index in [0.717, 1.165) is 36.0 Å². The standard InChI is InChI=1S/C21H29N3O3/c1-15-7-6-8-16(11-15)14-24-21(22-2)23-10-9-18-19(26-4)12-17(25-3)13-20(18)27-5/h6-8,11-13H,9-10,14H2,1-5H3,(H2,22,23,24). The maximum Gasteiger partial charge on any atom is 0.191 e. The zero-order chi connectivity index (χ0) is 19.6. The first kappa shape index (κ1) is 20.4. The molecule has 146 valence electrons. The van der Waals surface area contributed by atoms with Crippen LogP contribution in [0.5, 0.6) is 17.2 Å². The third-order valence-corrected chi connectivity index (χ3v) is 4.25. The molecule has 0 heterocycles. The van der Waals surface area contributed by atoms with Crippen molar-refractivity contribution in [3.8, 4) is 17.2 Å². The number of aryl methyl sites for hydroxylation is 1. The molecule has 0 saturated heterocycles. The molecule has 0 fully saturated rings. The van der Waals surface area contributed by atoms with Crippen molar-refractivity contribution < 1.29 is 14.2 Å². The van der Waals surface area contributed by atoms with Gasteiger partial charge in [0.1, 0.15) is 17.2 Å². The number of guanidine groups is 1. The molecule has 2 aromatic rings. The first-order chi connectivity index (χ1) is 13.1. The van der Waals surface area contributed by atoms with Gasteiger partial charge in [0, 0.05) is 37.8 Å². The molecule has 0 amide bonds. The van der Waals surface area contributed by atoms with E-state index in [4.69, 9.17) is 14.2 Å². The summed E-state index contributed by atoms with van der Waals surface area (Å²) in [6, 6.07) is 12.1. The minimum atomic E-state index is 0.687. The topological polar surface area (TPSA) is 64.1 Å². The molecule has 6 heteroatoms. The second kappa shape index (κ2) is 10.3. The zero-order valence-electron chi connectivity index (χ0n) is 16.8. The van der Waals surface area contributed by atoms with Crippen LogP contribution in [0.4, 0.5) is 0 Å². The highest BCUT2D eigenvalue weighted by molar-refractivity contribution is 5.79. The van der Waals surface area contributed by atoms with Crippen LogP contribution in [0.2, 0.25) is 0 Å². The normalized spacial score (nSPS) is 11.1. The van der Waals surface area contributed by atoms with Crippen molar-refractivity contribution in [2.45, 2.75) is 19.9 Å². The van der Waals surface area contributed by atoms with E-state index in [1.165, 1.54) is 11.1 Å². The number of nitrogens with zero attached hydrogens (tertiary/aromatic N) is 1. The summed E-state index contributed by atoms with van der Waals surface area (Å²) in [6.45, 7) is 3.50. The Morgan fingerprint density at radius 1 is 0.963 bits per heavy atom. The van der Waals surface area contributed by atoms with Gasteiger partial charge in [0.15, 0.2) is 5.96 Å². The molecular weight excluding hydrogens is 342 g/mol. The fourth-order valence-corrected chi connectivity index (χ4v) is 2.86. The van der Waals surface area contributed by atoms with E-state index in [-0.39, 0.29) is 0 Å². The lowest BCUT2D eigenvalue weighted by Gasteiger charge is -2.16. The maximum atomic E-state index is 5.50. The number of nitrogens with one attached hydrogen (secondary N) is 2. The van der Waals surface area contributed by atoms with Gasteiger partial charge in [-0.2, -0.15) is 0 Å². The number of rotatable bonds is 8. The lowest BCUT2D eigenvalue weighted by atomic mass is 10.1. The SMILES string of the molecule is CN=C(NCCc1c(OC)cc(OC)cc1OC)NCc1cccc(C)c1. The van der Waals surface area contributed by atoms with Gasteiger partial charge in [0.05, 0.1) is 21.3 Å². The van der Waals surface area contributed by atoms with Crippen LogP contribution in [0.3, 0.4) is 0 Å². The van der Waals surface area contributed by atoms with Crippen molar-refractivity contribution in [2.75, 3.05) is 34.9 Å². The lowest BCUT2D eigenvalue weighted by Crippen LogP contribution is -2.37. The number of hydrogen-bond acceptors (Lipinski definition) is 4. The highest BCUT2D eigenvalue weighted by atomic mass is 16.5. The average molecular weight is 371 g/mol. The number of methoxy groups -OCH3 is 3. The van der Waals surface area contributed by atoms with Gasteiger partial charge < -0.3 is 24.8 Å². The molecule has 0 aromatic heterocycles. The largest absolute Gasteiger partial charge is 0.496 e. The second-order valence-corrected chi connectivity index (χ2v) is 6.10. The quantitative estimate of drug-likeness (QED) is 0.552. The molecule has 2 N–H and O–H groups in total. The van der Waals surface area contributed by atoms with E-state index < -0.39 is 0 Å². The van der Waals surface area contributed by atoms with Crippen molar-refractivity contribution in [1.29, 1.82) is 0 Å². The number of ether oxygens (including phenoxy) is 3. The Morgan fingerprint density at radius 2 is 1.67 bits per heavy atom. The fraction of sp³-hybridized carbons (Fsp3) is 0.381. The molecule has 0 atom stereocenters.